The average Bonchev–Trinajstić information content (AvgIpc) is 2.69. The Morgan fingerprint density at radius 3 is 2.76 bits per heavy atom. The molecular formula is C13H18ClN3. The number of aliphatic imine (C=N–C) groups is 1. The maximum absolute atomic E-state index is 5.95. The number of hydrogen-bond acceptors (Lipinski definition) is 3. The largest absolute Gasteiger partial charge is 0.370 e. The third kappa shape index (κ3) is 2.72. The zero-order chi connectivity index (χ0) is 12.3. The SMILES string of the molecule is CCCCC1CN=C(N)N1c1ccc(Cl)cc1. The summed E-state index contributed by atoms with van der Waals surface area (Å²) in [6.07, 6.45) is 3.53. The van der Waals surface area contributed by atoms with E-state index in [0.29, 0.717) is 12.0 Å². The number of hydrogen-bond donors (Lipinski definition) is 1. The monoisotopic (exact) mass is 251 g/mol. The number of guanidine groups is 1. The summed E-state index contributed by atoms with van der Waals surface area (Å²) in [5, 5.41) is 0.744. The van der Waals surface area contributed by atoms with Crippen LogP contribution in [0.2, 0.25) is 5.02 Å². The van der Waals surface area contributed by atoms with Gasteiger partial charge in [0.1, 0.15) is 0 Å². The lowest BCUT2D eigenvalue weighted by molar-refractivity contribution is 0.600. The van der Waals surface area contributed by atoms with E-state index >= 15 is 0 Å². The second-order valence-corrected chi connectivity index (χ2v) is 4.78. The molecule has 1 heterocycles. The van der Waals surface area contributed by atoms with Crippen molar-refractivity contribution in [2.24, 2.45) is 10.7 Å². The van der Waals surface area contributed by atoms with Crippen LogP contribution in [0.3, 0.4) is 0 Å². The van der Waals surface area contributed by atoms with Crippen molar-refractivity contribution in [1.82, 2.24) is 0 Å². The topological polar surface area (TPSA) is 41.6 Å². The number of benzene rings is 1. The van der Waals surface area contributed by atoms with Gasteiger partial charge in [0, 0.05) is 10.7 Å². The molecule has 2 N–H and O–H groups in total. The van der Waals surface area contributed by atoms with Crippen LogP contribution < -0.4 is 10.6 Å². The van der Waals surface area contributed by atoms with Gasteiger partial charge in [-0.25, -0.2) is 0 Å². The predicted molar refractivity (Wildman–Crippen MR) is 73.7 cm³/mol. The molecule has 0 aromatic heterocycles. The Labute approximate surface area is 107 Å². The summed E-state index contributed by atoms with van der Waals surface area (Å²) in [4.78, 5) is 6.46. The lowest BCUT2D eigenvalue weighted by Crippen LogP contribution is -2.40. The lowest BCUT2D eigenvalue weighted by atomic mass is 10.1. The van der Waals surface area contributed by atoms with Crippen molar-refractivity contribution in [3.8, 4) is 0 Å². The summed E-state index contributed by atoms with van der Waals surface area (Å²) >= 11 is 5.89. The van der Waals surface area contributed by atoms with Gasteiger partial charge in [-0.1, -0.05) is 31.4 Å². The van der Waals surface area contributed by atoms with Gasteiger partial charge in [-0.2, -0.15) is 0 Å². The van der Waals surface area contributed by atoms with Gasteiger partial charge in [-0.15, -0.1) is 0 Å². The minimum Gasteiger partial charge on any atom is -0.370 e. The second kappa shape index (κ2) is 5.41. The van der Waals surface area contributed by atoms with Crippen LogP contribution in [0.4, 0.5) is 5.69 Å². The zero-order valence-electron chi connectivity index (χ0n) is 10.1. The Hall–Kier alpha value is -1.22. The maximum atomic E-state index is 5.95. The van der Waals surface area contributed by atoms with Crippen LogP contribution >= 0.6 is 11.6 Å². The predicted octanol–water partition coefficient (Wildman–Crippen LogP) is 3.03. The van der Waals surface area contributed by atoms with Crippen molar-refractivity contribution >= 4 is 23.2 Å². The van der Waals surface area contributed by atoms with E-state index in [4.69, 9.17) is 17.3 Å². The van der Waals surface area contributed by atoms with Gasteiger partial charge < -0.3 is 10.6 Å². The van der Waals surface area contributed by atoms with Gasteiger partial charge in [0.15, 0.2) is 5.96 Å². The van der Waals surface area contributed by atoms with Crippen molar-refractivity contribution in [2.45, 2.75) is 32.2 Å². The van der Waals surface area contributed by atoms with Crippen LogP contribution in [0.1, 0.15) is 26.2 Å². The van der Waals surface area contributed by atoms with Crippen LogP contribution in [0.5, 0.6) is 0 Å². The van der Waals surface area contributed by atoms with E-state index in [-0.39, 0.29) is 0 Å². The van der Waals surface area contributed by atoms with E-state index in [1.807, 2.05) is 24.3 Å². The quantitative estimate of drug-likeness (QED) is 0.894. The molecule has 3 nitrogen and oxygen atoms in total. The van der Waals surface area contributed by atoms with Crippen molar-refractivity contribution in [2.75, 3.05) is 11.4 Å². The van der Waals surface area contributed by atoms with Crippen molar-refractivity contribution in [3.63, 3.8) is 0 Å². The standard InChI is InChI=1S/C13H18ClN3/c1-2-3-4-12-9-16-13(15)17(12)11-7-5-10(14)6-8-11/h5-8,12H,2-4,9H2,1H3,(H2,15,16). The molecule has 2 rings (SSSR count). The van der Waals surface area contributed by atoms with Crippen LogP contribution in [-0.4, -0.2) is 18.5 Å². The Balaban J connectivity index is 2.15. The van der Waals surface area contributed by atoms with Crippen molar-refractivity contribution in [3.05, 3.63) is 29.3 Å². The van der Waals surface area contributed by atoms with Gasteiger partial charge >= 0.3 is 0 Å². The molecule has 0 saturated heterocycles. The highest BCUT2D eigenvalue weighted by molar-refractivity contribution is 6.30. The third-order valence-corrected chi connectivity index (χ3v) is 3.32. The zero-order valence-corrected chi connectivity index (χ0v) is 10.8. The fraction of sp³-hybridized carbons (Fsp3) is 0.462. The first-order valence-corrected chi connectivity index (χ1v) is 6.45. The Kier molecular flexibility index (Phi) is 3.89. The minimum atomic E-state index is 0.399. The molecular weight excluding hydrogens is 234 g/mol. The number of unbranched alkanes of at least 4 members (excludes halogenated alkanes) is 1. The summed E-state index contributed by atoms with van der Waals surface area (Å²) in [6, 6.07) is 8.17. The molecule has 1 unspecified atom stereocenters. The highest BCUT2D eigenvalue weighted by Gasteiger charge is 2.26. The molecule has 1 aromatic carbocycles. The number of rotatable bonds is 4. The first-order chi connectivity index (χ1) is 8.22. The number of nitrogens with two attached hydrogens (primary N) is 1. The van der Waals surface area contributed by atoms with Crippen molar-refractivity contribution < 1.29 is 0 Å². The van der Waals surface area contributed by atoms with Crippen LogP contribution in [0.25, 0.3) is 0 Å². The molecule has 4 heteroatoms. The van der Waals surface area contributed by atoms with E-state index in [0.717, 1.165) is 23.7 Å². The number of nitrogens with zero attached hydrogens (tertiary/aromatic N) is 2. The van der Waals surface area contributed by atoms with E-state index in [1.54, 1.807) is 0 Å². The molecule has 0 bridgehead atoms. The van der Waals surface area contributed by atoms with Crippen LogP contribution in [0, 0.1) is 0 Å². The van der Waals surface area contributed by atoms with Gasteiger partial charge in [0.25, 0.3) is 0 Å². The smallest absolute Gasteiger partial charge is 0.196 e. The summed E-state index contributed by atoms with van der Waals surface area (Å²) in [5.74, 6) is 0.619. The normalized spacial score (nSPS) is 19.5. The van der Waals surface area contributed by atoms with Gasteiger partial charge in [-0.3, -0.25) is 4.99 Å². The average molecular weight is 252 g/mol. The molecule has 1 aliphatic rings. The molecule has 1 aliphatic heterocycles. The fourth-order valence-electron chi connectivity index (χ4n) is 2.15. The van der Waals surface area contributed by atoms with Crippen LogP contribution in [0.15, 0.2) is 29.3 Å². The molecule has 0 saturated carbocycles. The van der Waals surface area contributed by atoms with E-state index in [9.17, 15) is 0 Å². The summed E-state index contributed by atoms with van der Waals surface area (Å²) in [7, 11) is 0. The molecule has 92 valence electrons. The summed E-state index contributed by atoms with van der Waals surface area (Å²) < 4.78 is 0. The first kappa shape index (κ1) is 12.2. The van der Waals surface area contributed by atoms with Crippen molar-refractivity contribution in [1.29, 1.82) is 0 Å². The van der Waals surface area contributed by atoms with E-state index < -0.39 is 0 Å². The molecule has 1 atom stereocenters. The summed E-state index contributed by atoms with van der Waals surface area (Å²) in [6.45, 7) is 3.00. The van der Waals surface area contributed by atoms with E-state index in [2.05, 4.69) is 16.8 Å². The molecule has 17 heavy (non-hydrogen) atoms. The Bertz CT molecular complexity index is 400. The molecule has 0 fully saturated rings. The summed E-state index contributed by atoms with van der Waals surface area (Å²) in [5.41, 5.74) is 7.03. The molecule has 0 aliphatic carbocycles. The second-order valence-electron chi connectivity index (χ2n) is 4.34. The van der Waals surface area contributed by atoms with Gasteiger partial charge in [0.05, 0.1) is 12.6 Å². The minimum absolute atomic E-state index is 0.399. The number of halogens is 1. The highest BCUT2D eigenvalue weighted by Crippen LogP contribution is 2.25. The third-order valence-electron chi connectivity index (χ3n) is 3.07. The van der Waals surface area contributed by atoms with Crippen LogP contribution in [-0.2, 0) is 0 Å². The fourth-order valence-corrected chi connectivity index (χ4v) is 2.27. The molecule has 0 amide bonds. The molecule has 0 radical (unpaired) electrons. The lowest BCUT2D eigenvalue weighted by Gasteiger charge is -2.26. The first-order valence-electron chi connectivity index (χ1n) is 6.07. The number of anilines is 1. The molecule has 0 spiro atoms. The van der Waals surface area contributed by atoms with E-state index in [1.165, 1.54) is 12.8 Å². The maximum Gasteiger partial charge on any atom is 0.196 e. The Morgan fingerprint density at radius 1 is 1.41 bits per heavy atom. The highest BCUT2D eigenvalue weighted by atomic mass is 35.5. The Morgan fingerprint density at radius 2 is 2.12 bits per heavy atom. The van der Waals surface area contributed by atoms with Gasteiger partial charge in [-0.05, 0) is 30.7 Å². The molecule has 1 aromatic rings. The van der Waals surface area contributed by atoms with Gasteiger partial charge in [0.2, 0.25) is 0 Å².